The van der Waals surface area contributed by atoms with Crippen LogP contribution in [0.4, 0.5) is 5.69 Å². The Morgan fingerprint density at radius 3 is 2.41 bits per heavy atom. The van der Waals surface area contributed by atoms with E-state index in [0.717, 1.165) is 23.8 Å². The van der Waals surface area contributed by atoms with Gasteiger partial charge in [-0.05, 0) is 37.4 Å². The summed E-state index contributed by atoms with van der Waals surface area (Å²) in [5, 5.41) is 9.68. The third-order valence-corrected chi connectivity index (χ3v) is 4.61. The molecule has 0 atom stereocenters. The van der Waals surface area contributed by atoms with Crippen molar-refractivity contribution in [2.75, 3.05) is 39.5 Å². The summed E-state index contributed by atoms with van der Waals surface area (Å²) in [7, 11) is 5.51. The highest BCUT2D eigenvalue weighted by molar-refractivity contribution is 5.92. The van der Waals surface area contributed by atoms with Gasteiger partial charge in [0.2, 0.25) is 5.91 Å². The molecule has 2 aromatic carbocycles. The first kappa shape index (κ1) is 22.4. The Kier molecular flexibility index (Phi) is 8.21. The molecule has 3 N–H and O–H groups in total. The molecule has 0 aliphatic rings. The summed E-state index contributed by atoms with van der Waals surface area (Å²) in [6.07, 6.45) is 0. The monoisotopic (exact) mass is 395 g/mol. The van der Waals surface area contributed by atoms with Crippen LogP contribution in [-0.2, 0) is 16.8 Å². The maximum atomic E-state index is 11.9. The van der Waals surface area contributed by atoms with E-state index in [1.807, 2.05) is 49.3 Å². The Balaban J connectivity index is 1.89. The van der Waals surface area contributed by atoms with Crippen molar-refractivity contribution in [3.05, 3.63) is 65.7 Å². The SMILES string of the molecule is CN=C(NCc1cccc(NC(=O)CN(C)C)c1)NCC(C)(C)c1ccccc1. The molecule has 0 heterocycles. The van der Waals surface area contributed by atoms with Crippen LogP contribution in [0.3, 0.4) is 0 Å². The predicted molar refractivity (Wildman–Crippen MR) is 121 cm³/mol. The number of hydrogen-bond donors (Lipinski definition) is 3. The number of hydrogen-bond acceptors (Lipinski definition) is 3. The lowest BCUT2D eigenvalue weighted by molar-refractivity contribution is -0.116. The fourth-order valence-electron chi connectivity index (χ4n) is 2.95. The van der Waals surface area contributed by atoms with Gasteiger partial charge in [-0.25, -0.2) is 0 Å². The molecule has 0 saturated carbocycles. The van der Waals surface area contributed by atoms with Crippen LogP contribution in [0.15, 0.2) is 59.6 Å². The minimum atomic E-state index is -0.0271. The summed E-state index contributed by atoms with van der Waals surface area (Å²) in [5.41, 5.74) is 3.13. The van der Waals surface area contributed by atoms with Crippen molar-refractivity contribution in [1.82, 2.24) is 15.5 Å². The van der Waals surface area contributed by atoms with Gasteiger partial charge in [-0.2, -0.15) is 0 Å². The highest BCUT2D eigenvalue weighted by atomic mass is 16.2. The molecule has 29 heavy (non-hydrogen) atoms. The van der Waals surface area contributed by atoms with Gasteiger partial charge in [-0.3, -0.25) is 9.79 Å². The molecule has 0 unspecified atom stereocenters. The zero-order valence-corrected chi connectivity index (χ0v) is 18.1. The van der Waals surface area contributed by atoms with Crippen LogP contribution in [0, 0.1) is 0 Å². The number of carbonyl (C=O) groups is 1. The lowest BCUT2D eigenvalue weighted by Crippen LogP contribution is -2.43. The maximum absolute atomic E-state index is 11.9. The standard InChI is InChI=1S/C23H33N5O/c1-23(2,19-11-7-6-8-12-19)17-26-22(24-3)25-15-18-10-9-13-20(14-18)27-21(29)16-28(4)5/h6-14H,15-17H2,1-5H3,(H,27,29)(H2,24,25,26). The van der Waals surface area contributed by atoms with Gasteiger partial charge in [-0.15, -0.1) is 0 Å². The Bertz CT molecular complexity index is 815. The largest absolute Gasteiger partial charge is 0.356 e. The Labute approximate surface area is 174 Å². The van der Waals surface area contributed by atoms with Gasteiger partial charge in [0.1, 0.15) is 0 Å². The maximum Gasteiger partial charge on any atom is 0.238 e. The first-order valence-electron chi connectivity index (χ1n) is 9.84. The molecule has 0 bridgehead atoms. The first-order chi connectivity index (χ1) is 13.8. The van der Waals surface area contributed by atoms with E-state index < -0.39 is 0 Å². The van der Waals surface area contributed by atoms with Crippen molar-refractivity contribution in [1.29, 1.82) is 0 Å². The van der Waals surface area contributed by atoms with E-state index in [0.29, 0.717) is 13.1 Å². The zero-order valence-electron chi connectivity index (χ0n) is 18.1. The van der Waals surface area contributed by atoms with Crippen LogP contribution in [0.5, 0.6) is 0 Å². The Hall–Kier alpha value is -2.86. The smallest absolute Gasteiger partial charge is 0.238 e. The number of rotatable bonds is 8. The molecular formula is C23H33N5O. The quantitative estimate of drug-likeness (QED) is 0.475. The summed E-state index contributed by atoms with van der Waals surface area (Å²) >= 11 is 0. The van der Waals surface area contributed by atoms with Gasteiger partial charge in [0, 0.05) is 31.2 Å². The summed E-state index contributed by atoms with van der Waals surface area (Å²) in [4.78, 5) is 18.1. The molecule has 0 spiro atoms. The molecular weight excluding hydrogens is 362 g/mol. The molecule has 0 fully saturated rings. The molecule has 6 heteroatoms. The van der Waals surface area contributed by atoms with Crippen LogP contribution in [0.1, 0.15) is 25.0 Å². The van der Waals surface area contributed by atoms with Crippen molar-refractivity contribution in [2.24, 2.45) is 4.99 Å². The van der Waals surface area contributed by atoms with E-state index in [4.69, 9.17) is 0 Å². The average molecular weight is 396 g/mol. The third kappa shape index (κ3) is 7.58. The van der Waals surface area contributed by atoms with Gasteiger partial charge >= 0.3 is 0 Å². The number of aliphatic imine (C=N–C) groups is 1. The molecule has 0 saturated heterocycles. The van der Waals surface area contributed by atoms with Crippen molar-refractivity contribution >= 4 is 17.6 Å². The first-order valence-corrected chi connectivity index (χ1v) is 9.84. The van der Waals surface area contributed by atoms with Crippen LogP contribution in [0.2, 0.25) is 0 Å². The molecule has 1 amide bonds. The van der Waals surface area contributed by atoms with E-state index in [2.05, 4.69) is 59.1 Å². The number of nitrogens with one attached hydrogen (secondary N) is 3. The van der Waals surface area contributed by atoms with Crippen molar-refractivity contribution in [3.63, 3.8) is 0 Å². The van der Waals surface area contributed by atoms with Crippen molar-refractivity contribution < 1.29 is 4.79 Å². The summed E-state index contributed by atoms with van der Waals surface area (Å²) in [6, 6.07) is 18.3. The Morgan fingerprint density at radius 2 is 1.76 bits per heavy atom. The van der Waals surface area contributed by atoms with Crippen molar-refractivity contribution in [2.45, 2.75) is 25.8 Å². The summed E-state index contributed by atoms with van der Waals surface area (Å²) in [5.74, 6) is 0.719. The van der Waals surface area contributed by atoms with Crippen LogP contribution >= 0.6 is 0 Å². The summed E-state index contributed by atoms with van der Waals surface area (Å²) in [6.45, 7) is 6.15. The van der Waals surface area contributed by atoms with Gasteiger partial charge < -0.3 is 20.9 Å². The second kappa shape index (κ2) is 10.6. The fraction of sp³-hybridized carbons (Fsp3) is 0.391. The number of anilines is 1. The lowest BCUT2D eigenvalue weighted by Gasteiger charge is -2.26. The van der Waals surface area contributed by atoms with Gasteiger partial charge in [0.15, 0.2) is 5.96 Å². The normalized spacial score (nSPS) is 12.0. The topological polar surface area (TPSA) is 68.8 Å². The molecule has 2 rings (SSSR count). The minimum absolute atomic E-state index is 0.0183. The highest BCUT2D eigenvalue weighted by Gasteiger charge is 2.20. The molecule has 0 aliphatic heterocycles. The average Bonchev–Trinajstić information content (AvgIpc) is 2.68. The van der Waals surface area contributed by atoms with E-state index in [-0.39, 0.29) is 11.3 Å². The number of carbonyl (C=O) groups excluding carboxylic acids is 1. The molecule has 6 nitrogen and oxygen atoms in total. The van der Waals surface area contributed by atoms with Crippen molar-refractivity contribution in [3.8, 4) is 0 Å². The van der Waals surface area contributed by atoms with E-state index >= 15 is 0 Å². The second-order valence-corrected chi connectivity index (χ2v) is 8.02. The number of likely N-dealkylation sites (N-methyl/N-ethyl adjacent to an activating group) is 1. The van der Waals surface area contributed by atoms with Gasteiger partial charge in [0.25, 0.3) is 0 Å². The van der Waals surface area contributed by atoms with Crippen LogP contribution < -0.4 is 16.0 Å². The van der Waals surface area contributed by atoms with Crippen LogP contribution in [-0.4, -0.2) is 51.0 Å². The number of benzene rings is 2. The highest BCUT2D eigenvalue weighted by Crippen LogP contribution is 2.21. The third-order valence-electron chi connectivity index (χ3n) is 4.61. The predicted octanol–water partition coefficient (Wildman–Crippen LogP) is 2.83. The lowest BCUT2D eigenvalue weighted by atomic mass is 9.85. The number of nitrogens with zero attached hydrogens (tertiary/aromatic N) is 2. The zero-order chi connectivity index (χ0) is 21.3. The second-order valence-electron chi connectivity index (χ2n) is 8.02. The van der Waals surface area contributed by atoms with Gasteiger partial charge in [0.05, 0.1) is 6.54 Å². The molecule has 0 aliphatic carbocycles. The number of guanidine groups is 1. The van der Waals surface area contributed by atoms with E-state index in [1.54, 1.807) is 7.05 Å². The molecule has 0 radical (unpaired) electrons. The van der Waals surface area contributed by atoms with Crippen LogP contribution in [0.25, 0.3) is 0 Å². The van der Waals surface area contributed by atoms with E-state index in [1.165, 1.54) is 5.56 Å². The Morgan fingerprint density at radius 1 is 1.03 bits per heavy atom. The van der Waals surface area contributed by atoms with Gasteiger partial charge in [-0.1, -0.05) is 56.3 Å². The fourth-order valence-corrected chi connectivity index (χ4v) is 2.95. The molecule has 156 valence electrons. The molecule has 2 aromatic rings. The van der Waals surface area contributed by atoms with E-state index in [9.17, 15) is 4.79 Å². The summed E-state index contributed by atoms with van der Waals surface area (Å²) < 4.78 is 0. The number of amides is 1. The minimum Gasteiger partial charge on any atom is -0.356 e. The molecule has 0 aromatic heterocycles.